The van der Waals surface area contributed by atoms with Crippen LogP contribution < -0.4 is 5.69 Å². The average molecular weight is 261 g/mol. The van der Waals surface area contributed by atoms with Crippen molar-refractivity contribution in [1.82, 2.24) is 14.5 Å². The summed E-state index contributed by atoms with van der Waals surface area (Å²) >= 11 is 0. The number of hydrogen-bond donors (Lipinski definition) is 1. The Balaban J connectivity index is 1.86. The molecule has 2 aromatic rings. The average Bonchev–Trinajstić information content (AvgIpc) is 2.76. The molecular weight excluding hydrogens is 242 g/mol. The number of ether oxygens (including phenoxy) is 1. The SMILES string of the molecule is COCN1CCC(n2c(=O)[nH]c3ccccc32)CC1. The van der Waals surface area contributed by atoms with Gasteiger partial charge in [0.15, 0.2) is 0 Å². The fourth-order valence-corrected chi connectivity index (χ4v) is 2.93. The van der Waals surface area contributed by atoms with E-state index < -0.39 is 0 Å². The number of aromatic nitrogens is 2. The van der Waals surface area contributed by atoms with Crippen molar-refractivity contribution >= 4 is 11.0 Å². The molecule has 102 valence electrons. The van der Waals surface area contributed by atoms with Crippen molar-refractivity contribution in [3.63, 3.8) is 0 Å². The lowest BCUT2D eigenvalue weighted by molar-refractivity contribution is 0.0409. The molecule has 1 aromatic heterocycles. The normalized spacial score (nSPS) is 18.2. The third-order valence-electron chi connectivity index (χ3n) is 3.86. The third kappa shape index (κ3) is 2.31. The zero-order valence-corrected chi connectivity index (χ0v) is 11.1. The van der Waals surface area contributed by atoms with Gasteiger partial charge in [0.2, 0.25) is 0 Å². The van der Waals surface area contributed by atoms with Gasteiger partial charge in [-0.25, -0.2) is 4.79 Å². The number of piperidine rings is 1. The van der Waals surface area contributed by atoms with Crippen molar-refractivity contribution in [1.29, 1.82) is 0 Å². The van der Waals surface area contributed by atoms with E-state index in [-0.39, 0.29) is 11.7 Å². The lowest BCUT2D eigenvalue weighted by Crippen LogP contribution is -2.37. The van der Waals surface area contributed by atoms with E-state index >= 15 is 0 Å². The van der Waals surface area contributed by atoms with Gasteiger partial charge in [-0.05, 0) is 25.0 Å². The highest BCUT2D eigenvalue weighted by molar-refractivity contribution is 5.75. The number of nitrogens with one attached hydrogen (secondary N) is 1. The first-order valence-electron chi connectivity index (χ1n) is 6.70. The van der Waals surface area contributed by atoms with Gasteiger partial charge in [-0.3, -0.25) is 9.47 Å². The first-order valence-corrected chi connectivity index (χ1v) is 6.70. The molecule has 0 amide bonds. The van der Waals surface area contributed by atoms with E-state index in [1.54, 1.807) is 7.11 Å². The Morgan fingerprint density at radius 3 is 2.79 bits per heavy atom. The van der Waals surface area contributed by atoms with E-state index in [9.17, 15) is 4.79 Å². The van der Waals surface area contributed by atoms with E-state index in [0.29, 0.717) is 6.73 Å². The highest BCUT2D eigenvalue weighted by Gasteiger charge is 2.23. The molecular formula is C14H19N3O2. The zero-order valence-electron chi connectivity index (χ0n) is 11.1. The fraction of sp³-hybridized carbons (Fsp3) is 0.500. The Bertz CT molecular complexity index is 608. The van der Waals surface area contributed by atoms with Crippen molar-refractivity contribution in [3.8, 4) is 0 Å². The maximum absolute atomic E-state index is 12.1. The molecule has 1 aromatic carbocycles. The molecule has 0 atom stereocenters. The molecule has 5 heteroatoms. The van der Waals surface area contributed by atoms with Gasteiger partial charge in [0.1, 0.15) is 0 Å². The topological polar surface area (TPSA) is 50.3 Å². The molecule has 19 heavy (non-hydrogen) atoms. The van der Waals surface area contributed by atoms with E-state index in [1.165, 1.54) is 0 Å². The Morgan fingerprint density at radius 1 is 1.32 bits per heavy atom. The second-order valence-electron chi connectivity index (χ2n) is 5.08. The molecule has 0 unspecified atom stereocenters. The van der Waals surface area contributed by atoms with Crippen molar-refractivity contribution in [3.05, 3.63) is 34.7 Å². The van der Waals surface area contributed by atoms with E-state index in [4.69, 9.17) is 4.74 Å². The van der Waals surface area contributed by atoms with Gasteiger partial charge in [-0.1, -0.05) is 12.1 Å². The lowest BCUT2D eigenvalue weighted by Gasteiger charge is -2.31. The zero-order chi connectivity index (χ0) is 13.2. The minimum absolute atomic E-state index is 0.00592. The van der Waals surface area contributed by atoms with E-state index in [2.05, 4.69) is 9.88 Å². The summed E-state index contributed by atoms with van der Waals surface area (Å²) in [7, 11) is 1.72. The van der Waals surface area contributed by atoms with Crippen LogP contribution >= 0.6 is 0 Å². The lowest BCUT2D eigenvalue weighted by atomic mass is 10.1. The van der Waals surface area contributed by atoms with Crippen molar-refractivity contribution in [2.24, 2.45) is 0 Å². The van der Waals surface area contributed by atoms with Crippen LogP contribution in [0.15, 0.2) is 29.1 Å². The Hall–Kier alpha value is -1.59. The molecule has 3 rings (SSSR count). The molecule has 1 N–H and O–H groups in total. The van der Waals surface area contributed by atoms with Crippen LogP contribution in [0.5, 0.6) is 0 Å². The molecule has 0 spiro atoms. The van der Waals surface area contributed by atoms with Crippen LogP contribution in [0.25, 0.3) is 11.0 Å². The summed E-state index contributed by atoms with van der Waals surface area (Å²) < 4.78 is 7.07. The van der Waals surface area contributed by atoms with Gasteiger partial charge < -0.3 is 9.72 Å². The predicted molar refractivity (Wildman–Crippen MR) is 74.3 cm³/mol. The van der Waals surface area contributed by atoms with E-state index in [0.717, 1.165) is 37.0 Å². The summed E-state index contributed by atoms with van der Waals surface area (Å²) in [6.07, 6.45) is 1.98. The first kappa shape index (κ1) is 12.4. The summed E-state index contributed by atoms with van der Waals surface area (Å²) in [4.78, 5) is 17.3. The van der Waals surface area contributed by atoms with Gasteiger partial charge in [0, 0.05) is 26.2 Å². The van der Waals surface area contributed by atoms with Crippen LogP contribution in [0.4, 0.5) is 0 Å². The smallest absolute Gasteiger partial charge is 0.326 e. The van der Waals surface area contributed by atoms with Gasteiger partial charge in [0.05, 0.1) is 17.8 Å². The molecule has 1 aliphatic rings. The fourth-order valence-electron chi connectivity index (χ4n) is 2.93. The molecule has 5 nitrogen and oxygen atoms in total. The summed E-state index contributed by atoms with van der Waals surface area (Å²) in [6, 6.07) is 8.18. The molecule has 1 fully saturated rings. The molecule has 0 bridgehead atoms. The number of methoxy groups -OCH3 is 1. The monoisotopic (exact) mass is 261 g/mol. The van der Waals surface area contributed by atoms with E-state index in [1.807, 2.05) is 28.8 Å². The van der Waals surface area contributed by atoms with Crippen LogP contribution in [-0.4, -0.2) is 41.4 Å². The van der Waals surface area contributed by atoms with Crippen LogP contribution in [0, 0.1) is 0 Å². The van der Waals surface area contributed by atoms with Gasteiger partial charge in [-0.2, -0.15) is 0 Å². The molecule has 0 saturated carbocycles. The number of rotatable bonds is 3. The Labute approximate surface area is 111 Å². The van der Waals surface area contributed by atoms with Crippen LogP contribution in [-0.2, 0) is 4.74 Å². The number of aromatic amines is 1. The van der Waals surface area contributed by atoms with Crippen molar-refractivity contribution in [2.75, 3.05) is 26.9 Å². The molecule has 1 aliphatic heterocycles. The summed E-state index contributed by atoms with van der Waals surface area (Å²) in [6.45, 7) is 2.63. The standard InChI is InChI=1S/C14H19N3O2/c1-19-10-16-8-6-11(7-9-16)17-13-5-3-2-4-12(13)15-14(17)18/h2-5,11H,6-10H2,1H3,(H,15,18). The number of H-pyrrole nitrogens is 1. The molecule has 2 heterocycles. The molecule has 0 radical (unpaired) electrons. The highest BCUT2D eigenvalue weighted by atomic mass is 16.5. The highest BCUT2D eigenvalue weighted by Crippen LogP contribution is 2.24. The van der Waals surface area contributed by atoms with Crippen LogP contribution in [0.1, 0.15) is 18.9 Å². The largest absolute Gasteiger partial charge is 0.369 e. The second-order valence-corrected chi connectivity index (χ2v) is 5.08. The maximum atomic E-state index is 12.1. The minimum atomic E-state index is 0.00592. The van der Waals surface area contributed by atoms with Gasteiger partial charge in [-0.15, -0.1) is 0 Å². The Morgan fingerprint density at radius 2 is 2.05 bits per heavy atom. The number of hydrogen-bond acceptors (Lipinski definition) is 3. The predicted octanol–water partition coefficient (Wildman–Crippen LogP) is 1.57. The molecule has 0 aliphatic carbocycles. The summed E-state index contributed by atoms with van der Waals surface area (Å²) in [5, 5.41) is 0. The summed E-state index contributed by atoms with van der Waals surface area (Å²) in [5.74, 6) is 0. The van der Waals surface area contributed by atoms with Crippen molar-refractivity contribution in [2.45, 2.75) is 18.9 Å². The number of fused-ring (bicyclic) bond motifs is 1. The van der Waals surface area contributed by atoms with Gasteiger partial charge >= 0.3 is 5.69 Å². The third-order valence-corrected chi connectivity index (χ3v) is 3.86. The van der Waals surface area contributed by atoms with Crippen LogP contribution in [0.2, 0.25) is 0 Å². The number of para-hydroxylation sites is 2. The second kappa shape index (κ2) is 5.19. The first-order chi connectivity index (χ1) is 9.29. The van der Waals surface area contributed by atoms with Crippen LogP contribution in [0.3, 0.4) is 0 Å². The quantitative estimate of drug-likeness (QED) is 0.912. The van der Waals surface area contributed by atoms with Gasteiger partial charge in [0.25, 0.3) is 0 Å². The molecule has 1 saturated heterocycles. The van der Waals surface area contributed by atoms with Crippen molar-refractivity contribution < 1.29 is 4.74 Å². The number of imidazole rings is 1. The maximum Gasteiger partial charge on any atom is 0.326 e. The number of nitrogens with zero attached hydrogens (tertiary/aromatic N) is 2. The minimum Gasteiger partial charge on any atom is -0.369 e. The number of likely N-dealkylation sites (tertiary alicyclic amines) is 1. The Kier molecular flexibility index (Phi) is 3.40. The summed E-state index contributed by atoms with van der Waals surface area (Å²) in [5.41, 5.74) is 1.94. The number of benzene rings is 1.